The Labute approximate surface area is 103 Å². The van der Waals surface area contributed by atoms with Crippen molar-refractivity contribution in [2.75, 3.05) is 6.61 Å². The molecule has 2 N–H and O–H groups in total. The topological polar surface area (TPSA) is 45.1 Å². The molecule has 0 saturated carbocycles. The van der Waals surface area contributed by atoms with E-state index in [1.807, 2.05) is 12.3 Å². The van der Waals surface area contributed by atoms with Gasteiger partial charge in [-0.25, -0.2) is 0 Å². The molecule has 1 aliphatic rings. The zero-order valence-corrected chi connectivity index (χ0v) is 10.7. The smallest absolute Gasteiger partial charge is 0.0605 e. The zero-order chi connectivity index (χ0) is 12.3. The maximum Gasteiger partial charge on any atom is 0.0605 e. The van der Waals surface area contributed by atoms with Gasteiger partial charge >= 0.3 is 0 Å². The number of hydrogen-bond acceptors (Lipinski definition) is 3. The largest absolute Gasteiger partial charge is 0.396 e. The number of aliphatic hydroxyl groups excluding tert-OH is 1. The predicted molar refractivity (Wildman–Crippen MR) is 68.8 cm³/mol. The lowest BCUT2D eigenvalue weighted by Crippen LogP contribution is -2.38. The Morgan fingerprint density at radius 2 is 2.35 bits per heavy atom. The van der Waals surface area contributed by atoms with Crippen LogP contribution in [0.2, 0.25) is 0 Å². The minimum absolute atomic E-state index is 0.232. The molecule has 0 amide bonds. The molecule has 1 aromatic heterocycles. The Morgan fingerprint density at radius 1 is 1.53 bits per heavy atom. The number of aliphatic hydroxyl groups is 1. The number of nitrogens with zero attached hydrogens (tertiary/aromatic N) is 1. The number of fused-ring (bicyclic) bond motifs is 1. The number of nitrogens with one attached hydrogen (secondary N) is 1. The fourth-order valence-electron chi connectivity index (χ4n) is 2.41. The Bertz CT molecular complexity index is 367. The monoisotopic (exact) mass is 234 g/mol. The second kappa shape index (κ2) is 5.61. The Morgan fingerprint density at radius 3 is 3.12 bits per heavy atom. The van der Waals surface area contributed by atoms with Gasteiger partial charge in [0.1, 0.15) is 0 Å². The molecule has 1 aliphatic carbocycles. The lowest BCUT2D eigenvalue weighted by Gasteiger charge is -2.30. The van der Waals surface area contributed by atoms with Gasteiger partial charge in [0, 0.05) is 24.9 Å². The molecule has 0 aromatic carbocycles. The average molecular weight is 234 g/mol. The molecule has 0 bridgehead atoms. The van der Waals surface area contributed by atoms with Crippen molar-refractivity contribution < 1.29 is 5.11 Å². The minimum atomic E-state index is 0.232. The van der Waals surface area contributed by atoms with Gasteiger partial charge in [0.2, 0.25) is 0 Å². The molecule has 3 heteroatoms. The van der Waals surface area contributed by atoms with Gasteiger partial charge in [-0.15, -0.1) is 0 Å². The standard InChI is InChI=1S/C14H22N2O/c1-10(9-17)11(2)16-13-7-3-5-12-6-4-8-15-14(12)13/h4,6,8,10-11,13,16-17H,3,5,7,9H2,1-2H3. The van der Waals surface area contributed by atoms with E-state index in [1.165, 1.54) is 17.7 Å². The van der Waals surface area contributed by atoms with Crippen LogP contribution in [0.3, 0.4) is 0 Å². The van der Waals surface area contributed by atoms with Crippen LogP contribution in [-0.4, -0.2) is 22.7 Å². The van der Waals surface area contributed by atoms with Crippen LogP contribution in [0.25, 0.3) is 0 Å². The summed E-state index contributed by atoms with van der Waals surface area (Å²) in [7, 11) is 0. The third-order valence-corrected chi connectivity index (χ3v) is 3.80. The van der Waals surface area contributed by atoms with Crippen LogP contribution >= 0.6 is 0 Å². The van der Waals surface area contributed by atoms with Crippen LogP contribution in [0, 0.1) is 5.92 Å². The fraction of sp³-hybridized carbons (Fsp3) is 0.643. The van der Waals surface area contributed by atoms with Crippen molar-refractivity contribution >= 4 is 0 Å². The van der Waals surface area contributed by atoms with Crippen LogP contribution in [0.5, 0.6) is 0 Å². The van der Waals surface area contributed by atoms with Crippen LogP contribution in [0.4, 0.5) is 0 Å². The molecule has 0 spiro atoms. The molecule has 0 radical (unpaired) electrons. The van der Waals surface area contributed by atoms with Gasteiger partial charge in [-0.1, -0.05) is 13.0 Å². The van der Waals surface area contributed by atoms with E-state index < -0.39 is 0 Å². The number of hydrogen-bond donors (Lipinski definition) is 2. The van der Waals surface area contributed by atoms with E-state index >= 15 is 0 Å². The number of pyridine rings is 1. The summed E-state index contributed by atoms with van der Waals surface area (Å²) in [5.74, 6) is 0.282. The first-order valence-electron chi connectivity index (χ1n) is 6.53. The van der Waals surface area contributed by atoms with Crippen molar-refractivity contribution in [1.29, 1.82) is 0 Å². The normalized spacial score (nSPS) is 22.9. The highest BCUT2D eigenvalue weighted by atomic mass is 16.3. The summed E-state index contributed by atoms with van der Waals surface area (Å²) in [5, 5.41) is 12.8. The maximum absolute atomic E-state index is 9.17. The van der Waals surface area contributed by atoms with E-state index in [2.05, 4.69) is 30.2 Å². The van der Waals surface area contributed by atoms with Crippen LogP contribution in [0.1, 0.15) is 44.0 Å². The van der Waals surface area contributed by atoms with Gasteiger partial charge in [-0.2, -0.15) is 0 Å². The Hall–Kier alpha value is -0.930. The van der Waals surface area contributed by atoms with Gasteiger partial charge in [0.25, 0.3) is 0 Å². The summed E-state index contributed by atoms with van der Waals surface area (Å²) in [6.07, 6.45) is 5.38. The minimum Gasteiger partial charge on any atom is -0.396 e. The lowest BCUT2D eigenvalue weighted by molar-refractivity contribution is 0.197. The number of aromatic nitrogens is 1. The van der Waals surface area contributed by atoms with Gasteiger partial charge in [0.05, 0.1) is 5.69 Å². The molecule has 1 aromatic rings. The van der Waals surface area contributed by atoms with E-state index in [9.17, 15) is 5.11 Å². The van der Waals surface area contributed by atoms with Crippen molar-refractivity contribution in [1.82, 2.24) is 10.3 Å². The fourth-order valence-corrected chi connectivity index (χ4v) is 2.41. The van der Waals surface area contributed by atoms with E-state index in [0.717, 1.165) is 12.8 Å². The summed E-state index contributed by atoms with van der Waals surface area (Å²) in [6, 6.07) is 4.86. The molecule has 0 saturated heterocycles. The van der Waals surface area contributed by atoms with Crippen LogP contribution in [-0.2, 0) is 6.42 Å². The second-order valence-electron chi connectivity index (χ2n) is 5.11. The maximum atomic E-state index is 9.17. The third kappa shape index (κ3) is 2.85. The van der Waals surface area contributed by atoms with Crippen molar-refractivity contribution in [3.63, 3.8) is 0 Å². The van der Waals surface area contributed by atoms with E-state index in [-0.39, 0.29) is 12.5 Å². The molecule has 0 aliphatic heterocycles. The molecule has 3 unspecified atom stereocenters. The molecular formula is C14H22N2O. The summed E-state index contributed by atoms with van der Waals surface area (Å²) in [4.78, 5) is 4.51. The Balaban J connectivity index is 2.08. The van der Waals surface area contributed by atoms with Gasteiger partial charge < -0.3 is 10.4 Å². The highest BCUT2D eigenvalue weighted by molar-refractivity contribution is 5.25. The van der Waals surface area contributed by atoms with Crippen molar-refractivity contribution in [3.05, 3.63) is 29.6 Å². The molecule has 3 nitrogen and oxygen atoms in total. The molecular weight excluding hydrogens is 212 g/mol. The number of aryl methyl sites for hydroxylation is 1. The SMILES string of the molecule is CC(CO)C(C)NC1CCCc2cccnc21. The zero-order valence-electron chi connectivity index (χ0n) is 10.7. The molecule has 0 fully saturated rings. The molecule has 1 heterocycles. The first kappa shape index (κ1) is 12.5. The first-order chi connectivity index (χ1) is 8.22. The third-order valence-electron chi connectivity index (χ3n) is 3.80. The molecule has 3 atom stereocenters. The van der Waals surface area contributed by atoms with Crippen LogP contribution in [0.15, 0.2) is 18.3 Å². The van der Waals surface area contributed by atoms with E-state index in [4.69, 9.17) is 0 Å². The summed E-state index contributed by atoms with van der Waals surface area (Å²) in [6.45, 7) is 4.44. The number of rotatable bonds is 4. The van der Waals surface area contributed by atoms with E-state index in [1.54, 1.807) is 0 Å². The van der Waals surface area contributed by atoms with Crippen molar-refractivity contribution in [2.24, 2.45) is 5.92 Å². The predicted octanol–water partition coefficient (Wildman–Crippen LogP) is 2.07. The second-order valence-corrected chi connectivity index (χ2v) is 5.11. The summed E-state index contributed by atoms with van der Waals surface area (Å²) < 4.78 is 0. The molecule has 94 valence electrons. The Kier molecular flexibility index (Phi) is 4.13. The van der Waals surface area contributed by atoms with Gasteiger partial charge in [-0.05, 0) is 43.7 Å². The van der Waals surface area contributed by atoms with Gasteiger partial charge in [0.15, 0.2) is 0 Å². The first-order valence-corrected chi connectivity index (χ1v) is 6.53. The van der Waals surface area contributed by atoms with Crippen LogP contribution < -0.4 is 5.32 Å². The average Bonchev–Trinajstić information content (AvgIpc) is 2.38. The van der Waals surface area contributed by atoms with Gasteiger partial charge in [-0.3, -0.25) is 4.98 Å². The summed E-state index contributed by atoms with van der Waals surface area (Å²) in [5.41, 5.74) is 2.58. The van der Waals surface area contributed by atoms with E-state index in [0.29, 0.717) is 12.1 Å². The summed E-state index contributed by atoms with van der Waals surface area (Å²) >= 11 is 0. The van der Waals surface area contributed by atoms with Crippen molar-refractivity contribution in [3.8, 4) is 0 Å². The van der Waals surface area contributed by atoms with Crippen molar-refractivity contribution in [2.45, 2.75) is 45.2 Å². The quantitative estimate of drug-likeness (QED) is 0.838. The lowest BCUT2D eigenvalue weighted by atomic mass is 9.90. The highest BCUT2D eigenvalue weighted by Gasteiger charge is 2.23. The highest BCUT2D eigenvalue weighted by Crippen LogP contribution is 2.28. The molecule has 2 rings (SSSR count). The molecule has 17 heavy (non-hydrogen) atoms.